The van der Waals surface area contributed by atoms with Crippen LogP contribution in [0.1, 0.15) is 33.6 Å². The molecule has 40 heavy (non-hydrogen) atoms. The molecule has 0 saturated carbocycles. The Morgan fingerprint density at radius 3 is 2.67 bits per heavy atom. The number of alkyl halides is 2. The molecule has 0 aliphatic carbocycles. The molecule has 10 heteroatoms. The van der Waals surface area contributed by atoms with E-state index in [-0.39, 0.29) is 18.9 Å². The van der Waals surface area contributed by atoms with E-state index in [1.165, 1.54) is 18.4 Å². The maximum Gasteiger partial charge on any atom is 0.251 e. The normalized spacial score (nSPS) is 14.2. The van der Waals surface area contributed by atoms with Crippen LogP contribution in [0.5, 0.6) is 5.75 Å². The molecule has 1 amide bonds. The van der Waals surface area contributed by atoms with Crippen LogP contribution in [-0.4, -0.2) is 77.3 Å². The Bertz CT molecular complexity index is 1360. The van der Waals surface area contributed by atoms with Crippen molar-refractivity contribution in [2.75, 3.05) is 64.7 Å². The molecular weight excluding hydrogens is 534 g/mol. The van der Waals surface area contributed by atoms with Crippen molar-refractivity contribution >= 4 is 38.7 Å². The molecule has 1 aromatic heterocycles. The summed E-state index contributed by atoms with van der Waals surface area (Å²) in [6.45, 7) is 3.95. The summed E-state index contributed by atoms with van der Waals surface area (Å²) < 4.78 is 38.7. The maximum atomic E-state index is 13.6. The number of hydrogen-bond donors (Lipinski definition) is 3. The number of likely N-dealkylation sites (tertiary alicyclic amines) is 1. The highest BCUT2D eigenvalue weighted by molar-refractivity contribution is 7.20. The summed E-state index contributed by atoms with van der Waals surface area (Å²) in [6.07, 6.45) is -0.775. The van der Waals surface area contributed by atoms with Crippen molar-refractivity contribution in [3.63, 3.8) is 0 Å². The molecule has 0 spiro atoms. The number of thiophene rings is 1. The number of carbonyl (C=O) groups is 1. The summed E-state index contributed by atoms with van der Waals surface area (Å²) in [5.41, 5.74) is 2.74. The third kappa shape index (κ3) is 7.42. The number of anilines is 2. The highest BCUT2D eigenvalue weighted by Crippen LogP contribution is 2.38. The van der Waals surface area contributed by atoms with Crippen LogP contribution in [0.4, 0.5) is 20.2 Å². The Kier molecular flexibility index (Phi) is 10.6. The van der Waals surface area contributed by atoms with Gasteiger partial charge in [0.1, 0.15) is 5.75 Å². The van der Waals surface area contributed by atoms with E-state index >= 15 is 0 Å². The Balaban J connectivity index is 1.50. The molecule has 4 rings (SSSR count). The van der Waals surface area contributed by atoms with Crippen molar-refractivity contribution in [3.8, 4) is 17.6 Å². The van der Waals surface area contributed by atoms with Crippen molar-refractivity contribution in [3.05, 3.63) is 52.4 Å². The quantitative estimate of drug-likeness (QED) is 0.280. The Labute approximate surface area is 238 Å². The zero-order valence-electron chi connectivity index (χ0n) is 23.1. The van der Waals surface area contributed by atoms with Gasteiger partial charge in [0.15, 0.2) is 0 Å². The number of nitrogens with one attached hydrogen (secondary N) is 3. The second kappa shape index (κ2) is 14.3. The highest BCUT2D eigenvalue weighted by Gasteiger charge is 2.21. The number of rotatable bonds is 11. The van der Waals surface area contributed by atoms with Crippen LogP contribution in [0.2, 0.25) is 0 Å². The Morgan fingerprint density at radius 2 is 1.98 bits per heavy atom. The van der Waals surface area contributed by atoms with Gasteiger partial charge in [-0.3, -0.25) is 4.79 Å². The molecule has 0 atom stereocenters. The minimum atomic E-state index is -2.47. The molecule has 1 aliphatic rings. The van der Waals surface area contributed by atoms with E-state index in [1.54, 1.807) is 32.4 Å². The minimum absolute atomic E-state index is 0.206. The molecule has 0 bridgehead atoms. The molecule has 1 aliphatic heterocycles. The monoisotopic (exact) mass is 570 g/mol. The first-order valence-electron chi connectivity index (χ1n) is 13.4. The number of ether oxygens (including phenoxy) is 2. The fraction of sp³-hybridized carbons (Fsp3) is 0.433. The lowest BCUT2D eigenvalue weighted by Crippen LogP contribution is -2.40. The number of benzene rings is 2. The van der Waals surface area contributed by atoms with Crippen molar-refractivity contribution < 1.29 is 23.0 Å². The second-order valence-corrected chi connectivity index (χ2v) is 10.6. The third-order valence-electron chi connectivity index (χ3n) is 7.00. The van der Waals surface area contributed by atoms with Gasteiger partial charge in [0, 0.05) is 51.8 Å². The van der Waals surface area contributed by atoms with Gasteiger partial charge in [-0.05, 0) is 48.1 Å². The van der Waals surface area contributed by atoms with Gasteiger partial charge in [0.25, 0.3) is 5.91 Å². The SMILES string of the molecule is CNC(=O)c1ccc(NCC#Cc2sc3c(NC4CCN(CCOC)CC4)cccc3c2CC(F)F)c(OC)c1. The molecule has 7 nitrogen and oxygen atoms in total. The van der Waals surface area contributed by atoms with Gasteiger partial charge in [-0.1, -0.05) is 24.0 Å². The number of piperidine rings is 1. The van der Waals surface area contributed by atoms with Gasteiger partial charge in [0.2, 0.25) is 6.43 Å². The smallest absolute Gasteiger partial charge is 0.251 e. The molecule has 2 aromatic carbocycles. The lowest BCUT2D eigenvalue weighted by molar-refractivity contribution is 0.0962. The first-order chi connectivity index (χ1) is 19.4. The van der Waals surface area contributed by atoms with Gasteiger partial charge in [0.05, 0.1) is 41.2 Å². The summed E-state index contributed by atoms with van der Waals surface area (Å²) in [6, 6.07) is 11.3. The topological polar surface area (TPSA) is 74.9 Å². The number of fused-ring (bicyclic) bond motifs is 1. The van der Waals surface area contributed by atoms with E-state index in [1.807, 2.05) is 18.2 Å². The molecule has 1 saturated heterocycles. The summed E-state index contributed by atoms with van der Waals surface area (Å²) >= 11 is 1.46. The van der Waals surface area contributed by atoms with Crippen molar-refractivity contribution in [2.45, 2.75) is 31.7 Å². The van der Waals surface area contributed by atoms with Crippen LogP contribution in [0, 0.1) is 11.8 Å². The van der Waals surface area contributed by atoms with Gasteiger partial charge in [-0.15, -0.1) is 11.3 Å². The minimum Gasteiger partial charge on any atom is -0.495 e. The molecule has 3 aromatic rings. The zero-order valence-corrected chi connectivity index (χ0v) is 23.9. The van der Waals surface area contributed by atoms with E-state index in [0.717, 1.165) is 54.9 Å². The van der Waals surface area contributed by atoms with E-state index in [4.69, 9.17) is 9.47 Å². The maximum absolute atomic E-state index is 13.6. The molecular formula is C30H36F2N4O3S. The average Bonchev–Trinajstić information content (AvgIpc) is 3.31. The highest BCUT2D eigenvalue weighted by atomic mass is 32.1. The molecule has 1 fully saturated rings. The first kappa shape index (κ1) is 29.6. The molecule has 2 heterocycles. The van der Waals surface area contributed by atoms with E-state index < -0.39 is 6.43 Å². The largest absolute Gasteiger partial charge is 0.495 e. The predicted octanol–water partition coefficient (Wildman–Crippen LogP) is 5.06. The third-order valence-corrected chi connectivity index (χ3v) is 8.19. The fourth-order valence-corrected chi connectivity index (χ4v) is 6.05. The van der Waals surface area contributed by atoms with Crippen LogP contribution < -0.4 is 20.7 Å². The van der Waals surface area contributed by atoms with Crippen LogP contribution in [-0.2, 0) is 11.2 Å². The summed E-state index contributed by atoms with van der Waals surface area (Å²) in [5.74, 6) is 6.52. The Morgan fingerprint density at radius 1 is 1.18 bits per heavy atom. The number of halogens is 2. The number of amides is 1. The lowest BCUT2D eigenvalue weighted by atomic mass is 10.0. The van der Waals surface area contributed by atoms with Gasteiger partial charge >= 0.3 is 0 Å². The first-order valence-corrected chi connectivity index (χ1v) is 14.2. The predicted molar refractivity (Wildman–Crippen MR) is 158 cm³/mol. The zero-order chi connectivity index (χ0) is 28.5. The van der Waals surface area contributed by atoms with Gasteiger partial charge in [-0.2, -0.15) is 0 Å². The van der Waals surface area contributed by atoms with E-state index in [9.17, 15) is 13.6 Å². The van der Waals surface area contributed by atoms with Gasteiger partial charge in [-0.25, -0.2) is 8.78 Å². The van der Waals surface area contributed by atoms with Crippen LogP contribution in [0.3, 0.4) is 0 Å². The Hall–Kier alpha value is -3.39. The van der Waals surface area contributed by atoms with Crippen LogP contribution in [0.25, 0.3) is 10.1 Å². The molecule has 3 N–H and O–H groups in total. The van der Waals surface area contributed by atoms with Crippen molar-refractivity contribution in [1.29, 1.82) is 0 Å². The summed E-state index contributed by atoms with van der Waals surface area (Å²) in [4.78, 5) is 15.0. The molecule has 0 radical (unpaired) electrons. The van der Waals surface area contributed by atoms with Crippen molar-refractivity contribution in [2.24, 2.45) is 0 Å². The number of hydrogen-bond acceptors (Lipinski definition) is 7. The summed E-state index contributed by atoms with van der Waals surface area (Å²) in [7, 11) is 4.82. The van der Waals surface area contributed by atoms with E-state index in [2.05, 4.69) is 32.7 Å². The van der Waals surface area contributed by atoms with Crippen molar-refractivity contribution in [1.82, 2.24) is 10.2 Å². The average molecular weight is 571 g/mol. The molecule has 214 valence electrons. The summed E-state index contributed by atoms with van der Waals surface area (Å²) in [5, 5.41) is 10.3. The van der Waals surface area contributed by atoms with Crippen LogP contribution in [0.15, 0.2) is 36.4 Å². The standard InChI is InChI=1S/C30H36F2N4O3S/c1-33-30(37)20-9-10-24(26(18-20)39-3)34-13-5-8-27-23(19-28(31)32)22-6-4-7-25(29(22)40-27)35-21-11-14-36(15-12-21)16-17-38-2/h4,6-7,9-10,18,21,28,34-35H,11-17,19H2,1-3H3,(H,33,37). The van der Waals surface area contributed by atoms with Gasteiger partial charge < -0.3 is 30.3 Å². The van der Waals surface area contributed by atoms with Crippen LogP contribution >= 0.6 is 11.3 Å². The molecule has 0 unspecified atom stereocenters. The number of nitrogens with zero attached hydrogens (tertiary/aromatic N) is 1. The number of carbonyl (C=O) groups excluding carboxylic acids is 1. The lowest BCUT2D eigenvalue weighted by Gasteiger charge is -2.32. The second-order valence-electron chi connectivity index (χ2n) is 9.59. The number of methoxy groups -OCH3 is 2. The fourth-order valence-electron chi connectivity index (χ4n) is 4.87. The van der Waals surface area contributed by atoms with E-state index in [0.29, 0.717) is 33.5 Å².